The van der Waals surface area contributed by atoms with Crippen LogP contribution >= 0.6 is 0 Å². The Kier molecular flexibility index (Phi) is 3.78. The van der Waals surface area contributed by atoms with Crippen molar-refractivity contribution < 1.29 is 9.59 Å². The maximum Gasteiger partial charge on any atom is 0.149 e. The number of Topliss-reactive ketones (excluding diaryl/α,β-unsaturated/α-hetero) is 2. The Hall–Kier alpha value is -0.990. The number of carbonyl (C=O) groups is 2. The van der Waals surface area contributed by atoms with Crippen LogP contribution in [0.25, 0.3) is 0 Å². The number of hydrogen-bond donors (Lipinski definition) is 0. The van der Waals surface area contributed by atoms with Gasteiger partial charge in [-0.05, 0) is 74.0 Å². The van der Waals surface area contributed by atoms with Gasteiger partial charge in [0.05, 0.1) is 6.04 Å². The number of rotatable bonds is 3. The van der Waals surface area contributed by atoms with Crippen LogP contribution in [-0.4, -0.2) is 23.8 Å². The Morgan fingerprint density at radius 1 is 0.958 bits per heavy atom. The zero-order valence-electron chi connectivity index (χ0n) is 15.4. The van der Waals surface area contributed by atoms with Crippen molar-refractivity contribution in [2.24, 2.45) is 39.5 Å². The van der Waals surface area contributed by atoms with Gasteiger partial charge in [-0.1, -0.05) is 13.8 Å². The summed E-state index contributed by atoms with van der Waals surface area (Å²) < 4.78 is 0. The van der Waals surface area contributed by atoms with Crippen LogP contribution < -0.4 is 0 Å². The second-order valence-corrected chi connectivity index (χ2v) is 10.2. The first-order chi connectivity index (χ1) is 11.3. The summed E-state index contributed by atoms with van der Waals surface area (Å²) in [6.45, 7) is 6.24. The van der Waals surface area contributed by atoms with Crippen molar-refractivity contribution in [3.8, 4) is 0 Å². The predicted octanol–water partition coefficient (Wildman–Crippen LogP) is 4.24. The van der Waals surface area contributed by atoms with E-state index in [0.717, 1.165) is 17.8 Å². The first-order valence-electron chi connectivity index (χ1n) is 9.85. The lowest BCUT2D eigenvalue weighted by Gasteiger charge is -2.58. The second-order valence-electron chi connectivity index (χ2n) is 10.2. The van der Waals surface area contributed by atoms with Gasteiger partial charge in [0.1, 0.15) is 17.5 Å². The van der Waals surface area contributed by atoms with Crippen LogP contribution in [0.2, 0.25) is 0 Å². The van der Waals surface area contributed by atoms with E-state index in [-0.39, 0.29) is 23.0 Å². The maximum atomic E-state index is 12.4. The molecule has 0 unspecified atom stereocenters. The molecule has 1 atom stereocenters. The van der Waals surface area contributed by atoms with E-state index >= 15 is 0 Å². The van der Waals surface area contributed by atoms with Gasteiger partial charge in [0.25, 0.3) is 0 Å². The molecule has 4 bridgehead atoms. The Balaban J connectivity index is 1.48. The number of ketones is 2. The molecule has 132 valence electrons. The molecule has 5 rings (SSSR count). The second kappa shape index (κ2) is 5.51. The quantitative estimate of drug-likeness (QED) is 0.574. The van der Waals surface area contributed by atoms with Crippen molar-refractivity contribution in [1.29, 1.82) is 0 Å². The van der Waals surface area contributed by atoms with Crippen molar-refractivity contribution >= 4 is 17.8 Å². The lowest BCUT2D eigenvalue weighted by molar-refractivity contribution is -0.136. The smallest absolute Gasteiger partial charge is 0.149 e. The largest absolute Gasteiger partial charge is 0.298 e. The van der Waals surface area contributed by atoms with Crippen molar-refractivity contribution in [3.63, 3.8) is 0 Å². The minimum absolute atomic E-state index is 0.0673. The van der Waals surface area contributed by atoms with E-state index in [2.05, 4.69) is 6.92 Å². The highest BCUT2D eigenvalue weighted by molar-refractivity contribution is 6.16. The van der Waals surface area contributed by atoms with Gasteiger partial charge in [-0.2, -0.15) is 0 Å². The van der Waals surface area contributed by atoms with E-state index < -0.39 is 5.92 Å². The third kappa shape index (κ3) is 2.78. The van der Waals surface area contributed by atoms with Crippen LogP contribution in [0.3, 0.4) is 0 Å². The summed E-state index contributed by atoms with van der Waals surface area (Å²) in [6.07, 6.45) is 11.0. The van der Waals surface area contributed by atoms with Gasteiger partial charge in [-0.25, -0.2) is 0 Å². The van der Waals surface area contributed by atoms with E-state index in [0.29, 0.717) is 18.3 Å². The number of nitrogens with zero attached hydrogens (tertiary/aromatic N) is 1. The van der Waals surface area contributed by atoms with E-state index in [4.69, 9.17) is 4.99 Å². The fourth-order valence-corrected chi connectivity index (χ4v) is 6.63. The van der Waals surface area contributed by atoms with Crippen LogP contribution in [0.5, 0.6) is 0 Å². The predicted molar refractivity (Wildman–Crippen MR) is 95.1 cm³/mol. The molecule has 0 amide bonds. The molecule has 24 heavy (non-hydrogen) atoms. The van der Waals surface area contributed by atoms with Gasteiger partial charge in [-0.3, -0.25) is 14.6 Å². The van der Waals surface area contributed by atoms with E-state index in [1.807, 2.05) is 13.8 Å². The summed E-state index contributed by atoms with van der Waals surface area (Å²) in [7, 11) is 0. The van der Waals surface area contributed by atoms with E-state index in [9.17, 15) is 9.59 Å². The molecule has 5 saturated carbocycles. The standard InChI is InChI=1S/C21H31NO2/c1-13(21-7-14-4-15(8-21)6-16(5-14)9-21)22-12-17-18(23)10-20(2,3)11-19(17)24/h12-17H,4-11H2,1-3H3/t13-,14?,15?,16?,21?/m1/s1. The zero-order valence-corrected chi connectivity index (χ0v) is 15.4. The maximum absolute atomic E-state index is 12.4. The highest BCUT2D eigenvalue weighted by atomic mass is 16.2. The molecule has 0 aromatic rings. The van der Waals surface area contributed by atoms with Crippen LogP contribution in [0.1, 0.15) is 72.1 Å². The summed E-state index contributed by atoms with van der Waals surface area (Å²) in [5.41, 5.74) is 0.176. The topological polar surface area (TPSA) is 46.5 Å². The van der Waals surface area contributed by atoms with Crippen LogP contribution in [0.15, 0.2) is 4.99 Å². The first kappa shape index (κ1) is 16.5. The molecule has 0 heterocycles. The van der Waals surface area contributed by atoms with Crippen LogP contribution in [-0.2, 0) is 9.59 Å². The Morgan fingerprint density at radius 2 is 1.42 bits per heavy atom. The number of hydrogen-bond acceptors (Lipinski definition) is 3. The average Bonchev–Trinajstić information content (AvgIpc) is 2.43. The molecular formula is C21H31NO2. The molecule has 0 N–H and O–H groups in total. The zero-order chi connectivity index (χ0) is 17.1. The van der Waals surface area contributed by atoms with Crippen molar-refractivity contribution in [3.05, 3.63) is 0 Å². The summed E-state index contributed by atoms with van der Waals surface area (Å²) in [6, 6.07) is 0.251. The molecule has 5 aliphatic carbocycles. The molecule has 3 heteroatoms. The first-order valence-corrected chi connectivity index (χ1v) is 9.85. The highest BCUT2D eigenvalue weighted by Gasteiger charge is 2.53. The lowest BCUT2D eigenvalue weighted by atomic mass is 9.48. The van der Waals surface area contributed by atoms with Crippen molar-refractivity contribution in [1.82, 2.24) is 0 Å². The fraction of sp³-hybridized carbons (Fsp3) is 0.857. The molecule has 0 aromatic heterocycles. The molecule has 5 aliphatic rings. The van der Waals surface area contributed by atoms with Crippen molar-refractivity contribution in [2.45, 2.75) is 78.2 Å². The van der Waals surface area contributed by atoms with Crippen LogP contribution in [0.4, 0.5) is 0 Å². The Morgan fingerprint density at radius 3 is 1.88 bits per heavy atom. The molecule has 3 nitrogen and oxygen atoms in total. The van der Waals surface area contributed by atoms with Gasteiger partial charge < -0.3 is 0 Å². The molecule has 0 radical (unpaired) electrons. The molecule has 5 fully saturated rings. The molecule has 0 aromatic carbocycles. The summed E-state index contributed by atoms with van der Waals surface area (Å²) >= 11 is 0. The average molecular weight is 329 g/mol. The molecule has 0 spiro atoms. The van der Waals surface area contributed by atoms with Crippen molar-refractivity contribution in [2.75, 3.05) is 0 Å². The summed E-state index contributed by atoms with van der Waals surface area (Å²) in [4.78, 5) is 29.6. The Labute approximate surface area is 145 Å². The molecule has 0 aliphatic heterocycles. The van der Waals surface area contributed by atoms with Gasteiger partial charge >= 0.3 is 0 Å². The molecular weight excluding hydrogens is 298 g/mol. The van der Waals surface area contributed by atoms with Gasteiger partial charge in [0, 0.05) is 19.1 Å². The normalized spacial score (nSPS) is 42.9. The fourth-order valence-electron chi connectivity index (χ4n) is 6.63. The van der Waals surface area contributed by atoms with Gasteiger partial charge in [0.15, 0.2) is 0 Å². The number of aliphatic imine (C=N–C) groups is 1. The van der Waals surface area contributed by atoms with Gasteiger partial charge in [0.2, 0.25) is 0 Å². The monoisotopic (exact) mass is 329 g/mol. The lowest BCUT2D eigenvalue weighted by Crippen LogP contribution is -2.50. The minimum atomic E-state index is -0.575. The van der Waals surface area contributed by atoms with Gasteiger partial charge in [-0.15, -0.1) is 0 Å². The highest BCUT2D eigenvalue weighted by Crippen LogP contribution is 2.61. The minimum Gasteiger partial charge on any atom is -0.298 e. The van der Waals surface area contributed by atoms with E-state index in [1.165, 1.54) is 38.5 Å². The third-order valence-corrected chi connectivity index (χ3v) is 7.43. The Bertz CT molecular complexity index is 533. The number of carbonyl (C=O) groups excluding carboxylic acids is 2. The SMILES string of the molecule is C[C@@H](N=CC1C(=O)CC(C)(C)CC1=O)C12CC3CC(CC(C3)C1)C2. The molecule has 0 saturated heterocycles. The summed E-state index contributed by atoms with van der Waals surface area (Å²) in [5, 5.41) is 0. The van der Waals surface area contributed by atoms with Crippen LogP contribution in [0, 0.1) is 34.5 Å². The van der Waals surface area contributed by atoms with E-state index in [1.54, 1.807) is 6.21 Å². The third-order valence-electron chi connectivity index (χ3n) is 7.43. The summed E-state index contributed by atoms with van der Waals surface area (Å²) in [5.74, 6) is 2.29.